The lowest BCUT2D eigenvalue weighted by atomic mass is 10.2. The van der Waals surface area contributed by atoms with Crippen molar-refractivity contribution in [1.29, 1.82) is 0 Å². The molecule has 0 radical (unpaired) electrons. The monoisotopic (exact) mass is 421 g/mol. The normalized spacial score (nSPS) is 10.5. The summed E-state index contributed by atoms with van der Waals surface area (Å²) >= 11 is 9.44. The van der Waals surface area contributed by atoms with Crippen molar-refractivity contribution in [2.45, 2.75) is 6.54 Å². The third-order valence-corrected chi connectivity index (χ3v) is 4.50. The molecule has 0 fully saturated rings. The van der Waals surface area contributed by atoms with Crippen molar-refractivity contribution in [3.8, 4) is 0 Å². The van der Waals surface area contributed by atoms with Gasteiger partial charge in [-0.15, -0.1) is 0 Å². The molecule has 8 heteroatoms. The van der Waals surface area contributed by atoms with Crippen LogP contribution in [0.5, 0.6) is 0 Å². The van der Waals surface area contributed by atoms with Crippen LogP contribution in [0, 0.1) is 0 Å². The Labute approximate surface area is 158 Å². The molecule has 0 spiro atoms. The fourth-order valence-electron chi connectivity index (χ4n) is 2.26. The second kappa shape index (κ2) is 7.67. The molecule has 0 unspecified atom stereocenters. The maximum Gasteiger partial charge on any atom is 0.372 e. The minimum Gasteiger partial charge on any atom is -0.284 e. The first-order valence-electron chi connectivity index (χ1n) is 7.45. The van der Waals surface area contributed by atoms with E-state index >= 15 is 0 Å². The Morgan fingerprint density at radius 2 is 1.92 bits per heavy atom. The lowest BCUT2D eigenvalue weighted by molar-refractivity contribution is -0.766. The number of benzene rings is 2. The molecule has 3 rings (SSSR count). The fourth-order valence-corrected chi connectivity index (χ4v) is 2.99. The molecule has 1 amide bonds. The molecule has 6 nitrogen and oxygen atoms in total. The molecule has 0 atom stereocenters. The van der Waals surface area contributed by atoms with Crippen LogP contribution in [-0.2, 0) is 6.54 Å². The summed E-state index contributed by atoms with van der Waals surface area (Å²) in [6, 6.07) is 16.7. The zero-order chi connectivity index (χ0) is 17.8. The second-order valence-corrected chi connectivity index (χ2v) is 6.48. The van der Waals surface area contributed by atoms with Crippen LogP contribution in [0.3, 0.4) is 0 Å². The van der Waals surface area contributed by atoms with Crippen molar-refractivity contribution in [2.24, 2.45) is 0 Å². The Morgan fingerprint density at radius 3 is 2.64 bits per heavy atom. The third-order valence-electron chi connectivity index (χ3n) is 3.50. The maximum atomic E-state index is 12.3. The van der Waals surface area contributed by atoms with Crippen LogP contribution in [0.15, 0.2) is 63.7 Å². The lowest BCUT2D eigenvalue weighted by Crippen LogP contribution is -2.56. The van der Waals surface area contributed by atoms with Crippen LogP contribution in [0.4, 0.5) is 5.88 Å². The van der Waals surface area contributed by atoms with Gasteiger partial charge in [-0.05, 0) is 17.7 Å². The summed E-state index contributed by atoms with van der Waals surface area (Å²) < 4.78 is 5.73. The number of halogens is 2. The van der Waals surface area contributed by atoms with E-state index in [-0.39, 0.29) is 11.8 Å². The van der Waals surface area contributed by atoms with Crippen molar-refractivity contribution in [1.82, 2.24) is 5.27 Å². The molecule has 3 aromatic rings. The maximum absolute atomic E-state index is 12.3. The largest absolute Gasteiger partial charge is 0.372 e. The smallest absolute Gasteiger partial charge is 0.284 e. The summed E-state index contributed by atoms with van der Waals surface area (Å²) in [7, 11) is 1.86. The Balaban J connectivity index is 1.75. The number of rotatable bonds is 5. The van der Waals surface area contributed by atoms with E-state index < -0.39 is 0 Å². The van der Waals surface area contributed by atoms with Crippen molar-refractivity contribution < 1.29 is 14.1 Å². The SMILES string of the molecule is CN(Cc1ccccc1)[n+]1noc(NC(=O)c2ccccc2Cl)c1Br. The van der Waals surface area contributed by atoms with Crippen molar-refractivity contribution >= 4 is 39.3 Å². The number of hydrogen-bond acceptors (Lipinski definition) is 4. The number of anilines is 1. The molecule has 1 heterocycles. The standard InChI is InChI=1S/C17H14BrClN4O2/c1-22(11-12-7-3-2-4-8-12)23-15(18)17(25-21-23)20-16(24)13-9-5-6-10-14(13)19/h2-10H,11H2,1H3/p+1. The van der Waals surface area contributed by atoms with E-state index in [0.717, 1.165) is 5.56 Å². The predicted molar refractivity (Wildman–Crippen MR) is 98.1 cm³/mol. The molecular weight excluding hydrogens is 408 g/mol. The van der Waals surface area contributed by atoms with Crippen LogP contribution in [0.1, 0.15) is 15.9 Å². The average Bonchev–Trinajstić information content (AvgIpc) is 2.97. The van der Waals surface area contributed by atoms with E-state index in [9.17, 15) is 4.79 Å². The summed E-state index contributed by atoms with van der Waals surface area (Å²) in [6.07, 6.45) is 0. The van der Waals surface area contributed by atoms with Gasteiger partial charge < -0.3 is 0 Å². The highest BCUT2D eigenvalue weighted by atomic mass is 79.9. The minimum atomic E-state index is -0.375. The highest BCUT2D eigenvalue weighted by Crippen LogP contribution is 2.21. The van der Waals surface area contributed by atoms with Gasteiger partial charge in [0.2, 0.25) is 5.27 Å². The Morgan fingerprint density at radius 1 is 1.24 bits per heavy atom. The summed E-state index contributed by atoms with van der Waals surface area (Å²) in [6.45, 7) is 0.620. The summed E-state index contributed by atoms with van der Waals surface area (Å²) in [5.41, 5.74) is 1.48. The van der Waals surface area contributed by atoms with Gasteiger partial charge >= 0.3 is 10.5 Å². The Hall–Kier alpha value is -2.38. The van der Waals surface area contributed by atoms with Crippen LogP contribution < -0.4 is 15.1 Å². The third kappa shape index (κ3) is 4.00. The van der Waals surface area contributed by atoms with Gasteiger partial charge in [-0.2, -0.15) is 5.01 Å². The highest BCUT2D eigenvalue weighted by Gasteiger charge is 2.28. The van der Waals surface area contributed by atoms with E-state index in [4.69, 9.17) is 16.1 Å². The van der Waals surface area contributed by atoms with Gasteiger partial charge in [0.25, 0.3) is 5.91 Å². The number of nitrogens with zero attached hydrogens (tertiary/aromatic N) is 3. The molecule has 0 saturated carbocycles. The molecule has 0 aliphatic heterocycles. The summed E-state index contributed by atoms with van der Waals surface area (Å²) in [5.74, 6) is -0.176. The van der Waals surface area contributed by atoms with Gasteiger partial charge in [-0.1, -0.05) is 54.1 Å². The number of amides is 1. The lowest BCUT2D eigenvalue weighted by Gasteiger charge is -2.07. The first kappa shape index (κ1) is 17.4. The summed E-state index contributed by atoms with van der Waals surface area (Å²) in [4.78, 5) is 13.9. The second-order valence-electron chi connectivity index (χ2n) is 5.32. The quantitative estimate of drug-likeness (QED) is 0.640. The molecule has 0 aliphatic carbocycles. The molecule has 128 valence electrons. The minimum absolute atomic E-state index is 0.199. The molecular formula is C17H15BrClN4O2+. The average molecular weight is 423 g/mol. The molecule has 0 aliphatic rings. The molecule has 1 aromatic heterocycles. The van der Waals surface area contributed by atoms with E-state index in [2.05, 4.69) is 26.5 Å². The van der Waals surface area contributed by atoms with E-state index in [1.54, 1.807) is 24.3 Å². The van der Waals surface area contributed by atoms with Gasteiger partial charge in [-0.25, -0.2) is 0 Å². The fraction of sp³-hybridized carbons (Fsp3) is 0.118. The van der Waals surface area contributed by atoms with Crippen LogP contribution in [0.2, 0.25) is 5.02 Å². The number of carbonyl (C=O) groups excluding carboxylic acids is 1. The molecule has 25 heavy (non-hydrogen) atoms. The Kier molecular flexibility index (Phi) is 5.35. The molecule has 0 bridgehead atoms. The van der Waals surface area contributed by atoms with Crippen LogP contribution in [0.25, 0.3) is 0 Å². The van der Waals surface area contributed by atoms with E-state index in [0.29, 0.717) is 21.7 Å². The molecule has 2 aromatic carbocycles. The molecule has 1 N–H and O–H groups in total. The van der Waals surface area contributed by atoms with Gasteiger partial charge in [-0.3, -0.25) is 14.6 Å². The van der Waals surface area contributed by atoms with Crippen LogP contribution in [-0.4, -0.2) is 18.2 Å². The van der Waals surface area contributed by atoms with Gasteiger partial charge in [0.1, 0.15) is 6.54 Å². The zero-order valence-electron chi connectivity index (χ0n) is 13.3. The summed E-state index contributed by atoms with van der Waals surface area (Å²) in [5, 5.41) is 8.82. The van der Waals surface area contributed by atoms with Gasteiger partial charge in [0.15, 0.2) is 0 Å². The van der Waals surface area contributed by atoms with Crippen molar-refractivity contribution in [3.05, 3.63) is 75.4 Å². The predicted octanol–water partition coefficient (Wildman–Crippen LogP) is 3.40. The topological polar surface area (TPSA) is 62.3 Å². The number of carbonyl (C=O) groups is 1. The first-order chi connectivity index (χ1) is 12.1. The number of aromatic nitrogens is 2. The highest BCUT2D eigenvalue weighted by molar-refractivity contribution is 9.10. The van der Waals surface area contributed by atoms with Gasteiger partial charge in [0, 0.05) is 15.9 Å². The Bertz CT molecular complexity index is 885. The van der Waals surface area contributed by atoms with E-state index in [1.165, 1.54) is 4.79 Å². The number of hydrogen-bond donors (Lipinski definition) is 1. The number of nitrogens with one attached hydrogen (secondary N) is 1. The van der Waals surface area contributed by atoms with Crippen molar-refractivity contribution in [3.63, 3.8) is 0 Å². The van der Waals surface area contributed by atoms with Crippen molar-refractivity contribution in [2.75, 3.05) is 17.4 Å². The molecule has 0 saturated heterocycles. The van der Waals surface area contributed by atoms with Gasteiger partial charge in [0.05, 0.1) is 22.4 Å². The van der Waals surface area contributed by atoms with E-state index in [1.807, 2.05) is 42.4 Å². The zero-order valence-corrected chi connectivity index (χ0v) is 15.7. The first-order valence-corrected chi connectivity index (χ1v) is 8.62. The van der Waals surface area contributed by atoms with Crippen LogP contribution >= 0.6 is 27.5 Å².